The van der Waals surface area contributed by atoms with Gasteiger partial charge < -0.3 is 20.1 Å². The van der Waals surface area contributed by atoms with Crippen LogP contribution in [0.5, 0.6) is 5.75 Å². The van der Waals surface area contributed by atoms with Crippen molar-refractivity contribution in [3.05, 3.63) is 23.2 Å². The summed E-state index contributed by atoms with van der Waals surface area (Å²) in [6.45, 7) is 5.21. The molecule has 24 heavy (non-hydrogen) atoms. The number of anilines is 1. The Hall–Kier alpha value is -1.30. The molecule has 1 aromatic carbocycles. The topological polar surface area (TPSA) is 59.6 Å². The van der Waals surface area contributed by atoms with Gasteiger partial charge >= 0.3 is 0 Å². The summed E-state index contributed by atoms with van der Waals surface area (Å²) in [7, 11) is 1.62. The van der Waals surface area contributed by atoms with E-state index >= 15 is 0 Å². The van der Waals surface area contributed by atoms with Crippen molar-refractivity contribution in [3.8, 4) is 5.75 Å². The first-order valence-corrected chi connectivity index (χ1v) is 8.89. The highest BCUT2D eigenvalue weighted by Crippen LogP contribution is 2.28. The minimum atomic E-state index is 0.0325. The van der Waals surface area contributed by atoms with Gasteiger partial charge in [0.25, 0.3) is 0 Å². The van der Waals surface area contributed by atoms with Gasteiger partial charge in [-0.05, 0) is 56.0 Å². The van der Waals surface area contributed by atoms with Gasteiger partial charge in [-0.1, -0.05) is 18.5 Å². The lowest BCUT2D eigenvalue weighted by atomic mass is 9.84. The van der Waals surface area contributed by atoms with Crippen LogP contribution < -0.4 is 15.4 Å². The number of nitrogens with one attached hydrogen (secondary N) is 2. The summed E-state index contributed by atoms with van der Waals surface area (Å²) in [6, 6.07) is 5.29. The minimum Gasteiger partial charge on any atom is -0.490 e. The van der Waals surface area contributed by atoms with E-state index in [-0.39, 0.29) is 5.91 Å². The number of benzene rings is 1. The normalized spacial score (nSPS) is 16.6. The number of rotatable bonds is 8. The molecule has 1 unspecified atom stereocenters. The number of carbonyl (C=O) groups is 1. The molecular weight excluding hydrogens is 328 g/mol. The first-order valence-electron chi connectivity index (χ1n) is 8.52. The molecule has 1 heterocycles. The van der Waals surface area contributed by atoms with Gasteiger partial charge in [-0.2, -0.15) is 0 Å². The number of amides is 1. The SMILES string of the molecule is COCCOc1ccc(NC(=O)CC(C)C2CCNCC2)cc1Cl. The molecule has 6 heteroatoms. The van der Waals surface area contributed by atoms with Gasteiger partial charge in [0.1, 0.15) is 12.4 Å². The standard InChI is InChI=1S/C18H27ClN2O3/c1-13(14-5-7-20-8-6-14)11-18(22)21-15-3-4-17(16(19)12-15)24-10-9-23-2/h3-4,12-14,20H,5-11H2,1-2H3,(H,21,22). The molecule has 134 valence electrons. The Morgan fingerprint density at radius 1 is 1.38 bits per heavy atom. The highest BCUT2D eigenvalue weighted by Gasteiger charge is 2.22. The fourth-order valence-electron chi connectivity index (χ4n) is 3.02. The third-order valence-corrected chi connectivity index (χ3v) is 4.75. The molecule has 0 bridgehead atoms. The summed E-state index contributed by atoms with van der Waals surface area (Å²) >= 11 is 6.20. The number of halogens is 1. The van der Waals surface area contributed by atoms with E-state index in [0.29, 0.717) is 47.9 Å². The second kappa shape index (κ2) is 9.87. The van der Waals surface area contributed by atoms with Gasteiger partial charge in [0.05, 0.1) is 11.6 Å². The fraction of sp³-hybridized carbons (Fsp3) is 0.611. The minimum absolute atomic E-state index is 0.0325. The van der Waals surface area contributed by atoms with Crippen LogP contribution in [0.25, 0.3) is 0 Å². The van der Waals surface area contributed by atoms with Gasteiger partial charge in [-0.15, -0.1) is 0 Å². The number of piperidine rings is 1. The third-order valence-electron chi connectivity index (χ3n) is 4.46. The van der Waals surface area contributed by atoms with E-state index < -0.39 is 0 Å². The van der Waals surface area contributed by atoms with Crippen LogP contribution in [-0.4, -0.2) is 39.3 Å². The molecule has 0 aromatic heterocycles. The van der Waals surface area contributed by atoms with Crippen molar-refractivity contribution < 1.29 is 14.3 Å². The van der Waals surface area contributed by atoms with E-state index in [1.165, 1.54) is 0 Å². The molecule has 1 amide bonds. The van der Waals surface area contributed by atoms with Crippen molar-refractivity contribution in [2.24, 2.45) is 11.8 Å². The Labute approximate surface area is 149 Å². The first-order chi connectivity index (χ1) is 11.6. The molecule has 0 saturated carbocycles. The van der Waals surface area contributed by atoms with Crippen molar-refractivity contribution in [1.29, 1.82) is 0 Å². The molecule has 1 aliphatic rings. The maximum absolute atomic E-state index is 12.3. The van der Waals surface area contributed by atoms with Gasteiger partial charge in [0.15, 0.2) is 0 Å². The summed E-state index contributed by atoms with van der Waals surface area (Å²) in [4.78, 5) is 12.3. The van der Waals surface area contributed by atoms with E-state index in [1.807, 2.05) is 0 Å². The molecule has 1 atom stereocenters. The molecule has 2 rings (SSSR count). The van der Waals surface area contributed by atoms with Crippen molar-refractivity contribution in [2.45, 2.75) is 26.2 Å². The Balaban J connectivity index is 1.83. The lowest BCUT2D eigenvalue weighted by molar-refractivity contribution is -0.117. The number of hydrogen-bond donors (Lipinski definition) is 2. The van der Waals surface area contributed by atoms with E-state index in [9.17, 15) is 4.79 Å². The molecular formula is C18H27ClN2O3. The molecule has 1 aliphatic heterocycles. The molecule has 0 spiro atoms. The van der Waals surface area contributed by atoms with Crippen molar-refractivity contribution in [2.75, 3.05) is 38.7 Å². The van der Waals surface area contributed by atoms with Crippen LogP contribution >= 0.6 is 11.6 Å². The zero-order valence-electron chi connectivity index (χ0n) is 14.4. The van der Waals surface area contributed by atoms with Crippen LogP contribution in [-0.2, 0) is 9.53 Å². The van der Waals surface area contributed by atoms with E-state index in [0.717, 1.165) is 25.9 Å². The number of methoxy groups -OCH3 is 1. The average molecular weight is 355 g/mol. The Kier molecular flexibility index (Phi) is 7.82. The van der Waals surface area contributed by atoms with Gasteiger partial charge in [0, 0.05) is 19.2 Å². The lowest BCUT2D eigenvalue weighted by Crippen LogP contribution is -2.32. The van der Waals surface area contributed by atoms with Crippen LogP contribution in [0, 0.1) is 11.8 Å². The highest BCUT2D eigenvalue weighted by molar-refractivity contribution is 6.32. The second-order valence-electron chi connectivity index (χ2n) is 6.30. The molecule has 5 nitrogen and oxygen atoms in total. The zero-order valence-corrected chi connectivity index (χ0v) is 15.2. The number of carbonyl (C=O) groups excluding carboxylic acids is 1. The summed E-state index contributed by atoms with van der Waals surface area (Å²) < 4.78 is 10.4. The van der Waals surface area contributed by atoms with Crippen molar-refractivity contribution in [1.82, 2.24) is 5.32 Å². The second-order valence-corrected chi connectivity index (χ2v) is 6.71. The van der Waals surface area contributed by atoms with Crippen LogP contribution in [0.15, 0.2) is 18.2 Å². The largest absolute Gasteiger partial charge is 0.490 e. The van der Waals surface area contributed by atoms with E-state index in [4.69, 9.17) is 21.1 Å². The van der Waals surface area contributed by atoms with E-state index in [1.54, 1.807) is 25.3 Å². The first kappa shape index (κ1) is 19.0. The predicted octanol–water partition coefficient (Wildman–Crippen LogP) is 3.33. The van der Waals surface area contributed by atoms with Crippen LogP contribution in [0.1, 0.15) is 26.2 Å². The number of hydrogen-bond acceptors (Lipinski definition) is 4. The van der Waals surface area contributed by atoms with E-state index in [2.05, 4.69) is 17.6 Å². The summed E-state index contributed by atoms with van der Waals surface area (Å²) in [5, 5.41) is 6.77. The Bertz CT molecular complexity index is 533. The highest BCUT2D eigenvalue weighted by atomic mass is 35.5. The monoisotopic (exact) mass is 354 g/mol. The van der Waals surface area contributed by atoms with Gasteiger partial charge in [-0.25, -0.2) is 0 Å². The molecule has 1 fully saturated rings. The van der Waals surface area contributed by atoms with Crippen LogP contribution in [0.2, 0.25) is 5.02 Å². The fourth-order valence-corrected chi connectivity index (χ4v) is 3.25. The quantitative estimate of drug-likeness (QED) is 0.703. The Morgan fingerprint density at radius 3 is 2.79 bits per heavy atom. The van der Waals surface area contributed by atoms with Crippen molar-refractivity contribution in [3.63, 3.8) is 0 Å². The molecule has 1 aromatic rings. The van der Waals surface area contributed by atoms with Gasteiger partial charge in [-0.3, -0.25) is 4.79 Å². The average Bonchev–Trinajstić information content (AvgIpc) is 2.57. The summed E-state index contributed by atoms with van der Waals surface area (Å²) in [5.74, 6) is 1.64. The van der Waals surface area contributed by atoms with Crippen molar-refractivity contribution >= 4 is 23.2 Å². The smallest absolute Gasteiger partial charge is 0.224 e. The maximum atomic E-state index is 12.3. The summed E-state index contributed by atoms with van der Waals surface area (Å²) in [5.41, 5.74) is 0.696. The third kappa shape index (κ3) is 5.96. The number of ether oxygens (including phenoxy) is 2. The maximum Gasteiger partial charge on any atom is 0.224 e. The lowest BCUT2D eigenvalue weighted by Gasteiger charge is -2.27. The molecule has 0 aliphatic carbocycles. The molecule has 0 radical (unpaired) electrons. The van der Waals surface area contributed by atoms with Crippen LogP contribution in [0.4, 0.5) is 5.69 Å². The zero-order chi connectivity index (χ0) is 17.4. The summed E-state index contributed by atoms with van der Waals surface area (Å²) in [6.07, 6.45) is 2.83. The molecule has 2 N–H and O–H groups in total. The predicted molar refractivity (Wildman–Crippen MR) is 96.8 cm³/mol. The van der Waals surface area contributed by atoms with Gasteiger partial charge in [0.2, 0.25) is 5.91 Å². The molecule has 1 saturated heterocycles. The Morgan fingerprint density at radius 2 is 2.12 bits per heavy atom. The van der Waals surface area contributed by atoms with Crippen LogP contribution in [0.3, 0.4) is 0 Å².